The molecule has 0 aromatic rings. The molecule has 1 saturated heterocycles. The van der Waals surface area contributed by atoms with Gasteiger partial charge >= 0.3 is 5.97 Å². The molecule has 1 aliphatic heterocycles. The smallest absolute Gasteiger partial charge is 0.304 e. The molecule has 1 rings (SSSR count). The molecule has 0 spiro atoms. The second-order valence-corrected chi connectivity index (χ2v) is 4.73. The quantitative estimate of drug-likeness (QED) is 0.716. The summed E-state index contributed by atoms with van der Waals surface area (Å²) in [6, 6.07) is 0.178. The maximum Gasteiger partial charge on any atom is 0.304 e. The van der Waals surface area contributed by atoms with E-state index in [2.05, 4.69) is 17.1 Å². The van der Waals surface area contributed by atoms with Crippen LogP contribution in [0.1, 0.15) is 33.1 Å². The molecule has 4 nitrogen and oxygen atoms in total. The van der Waals surface area contributed by atoms with Crippen LogP contribution in [0.2, 0.25) is 0 Å². The first-order chi connectivity index (χ1) is 7.63. The van der Waals surface area contributed by atoms with Gasteiger partial charge < -0.3 is 15.3 Å². The average Bonchev–Trinajstić information content (AvgIpc) is 2.26. The van der Waals surface area contributed by atoms with Gasteiger partial charge in [-0.05, 0) is 51.9 Å². The zero-order valence-electron chi connectivity index (χ0n) is 10.4. The van der Waals surface area contributed by atoms with Crippen molar-refractivity contribution in [2.45, 2.75) is 39.2 Å². The first-order valence-electron chi connectivity index (χ1n) is 6.30. The molecular weight excluding hydrogens is 204 g/mol. The third-order valence-electron chi connectivity index (χ3n) is 3.43. The van der Waals surface area contributed by atoms with Crippen LogP contribution < -0.4 is 5.32 Å². The number of hydrogen-bond acceptors (Lipinski definition) is 3. The molecular formula is C12H24N2O2. The Morgan fingerprint density at radius 2 is 2.12 bits per heavy atom. The molecule has 0 aliphatic carbocycles. The molecule has 1 heterocycles. The summed E-state index contributed by atoms with van der Waals surface area (Å²) in [5.41, 5.74) is 0. The summed E-state index contributed by atoms with van der Waals surface area (Å²) < 4.78 is 0. The third kappa shape index (κ3) is 4.49. The van der Waals surface area contributed by atoms with E-state index in [1.165, 1.54) is 12.8 Å². The summed E-state index contributed by atoms with van der Waals surface area (Å²) in [6.45, 7) is 8.38. The van der Waals surface area contributed by atoms with E-state index in [0.29, 0.717) is 0 Å². The first kappa shape index (κ1) is 13.5. The van der Waals surface area contributed by atoms with Crippen LogP contribution in [0.15, 0.2) is 0 Å². The lowest BCUT2D eigenvalue weighted by Gasteiger charge is -2.35. The minimum absolute atomic E-state index is 0.178. The highest BCUT2D eigenvalue weighted by Crippen LogP contribution is 2.19. The zero-order valence-corrected chi connectivity index (χ0v) is 10.4. The predicted molar refractivity (Wildman–Crippen MR) is 64.6 cm³/mol. The lowest BCUT2D eigenvalue weighted by atomic mass is 9.95. The normalized spacial score (nSPS) is 20.9. The summed E-state index contributed by atoms with van der Waals surface area (Å²) in [4.78, 5) is 12.9. The van der Waals surface area contributed by atoms with E-state index < -0.39 is 5.97 Å². The maximum atomic E-state index is 10.6. The van der Waals surface area contributed by atoms with Gasteiger partial charge in [-0.2, -0.15) is 0 Å². The Kier molecular flexibility index (Phi) is 5.77. The van der Waals surface area contributed by atoms with Crippen molar-refractivity contribution < 1.29 is 9.90 Å². The van der Waals surface area contributed by atoms with Crippen LogP contribution in [0.25, 0.3) is 0 Å². The van der Waals surface area contributed by atoms with Crippen LogP contribution >= 0.6 is 0 Å². The fraction of sp³-hybridized carbons (Fsp3) is 0.917. The Labute approximate surface area is 98.0 Å². The largest absolute Gasteiger partial charge is 0.481 e. The highest BCUT2D eigenvalue weighted by Gasteiger charge is 2.23. The number of hydrogen-bond donors (Lipinski definition) is 2. The lowest BCUT2D eigenvalue weighted by Crippen LogP contribution is -2.42. The maximum absolute atomic E-state index is 10.6. The van der Waals surface area contributed by atoms with Gasteiger partial charge in [-0.25, -0.2) is 0 Å². The molecule has 94 valence electrons. The Balaban J connectivity index is 2.23. The first-order valence-corrected chi connectivity index (χ1v) is 6.30. The topological polar surface area (TPSA) is 52.6 Å². The number of piperidine rings is 1. The Morgan fingerprint density at radius 1 is 1.50 bits per heavy atom. The van der Waals surface area contributed by atoms with Crippen LogP contribution in [0.5, 0.6) is 0 Å². The van der Waals surface area contributed by atoms with E-state index in [1.807, 2.05) is 6.92 Å². The second-order valence-electron chi connectivity index (χ2n) is 4.73. The molecule has 16 heavy (non-hydrogen) atoms. The van der Waals surface area contributed by atoms with Crippen LogP contribution in [-0.2, 0) is 4.79 Å². The van der Waals surface area contributed by atoms with Crippen molar-refractivity contribution in [2.24, 2.45) is 5.92 Å². The number of nitrogens with one attached hydrogen (secondary N) is 1. The third-order valence-corrected chi connectivity index (χ3v) is 3.43. The summed E-state index contributed by atoms with van der Waals surface area (Å²) in [6.07, 6.45) is 2.64. The number of aliphatic carboxylic acids is 1. The second kappa shape index (κ2) is 6.86. The zero-order chi connectivity index (χ0) is 12.0. The molecule has 1 aliphatic rings. The van der Waals surface area contributed by atoms with E-state index in [9.17, 15) is 4.79 Å². The molecule has 1 atom stereocenters. The van der Waals surface area contributed by atoms with Gasteiger partial charge in [0.15, 0.2) is 0 Å². The average molecular weight is 228 g/mol. The minimum Gasteiger partial charge on any atom is -0.481 e. The fourth-order valence-electron chi connectivity index (χ4n) is 2.33. The molecule has 2 N–H and O–H groups in total. The monoisotopic (exact) mass is 228 g/mol. The van der Waals surface area contributed by atoms with Crippen LogP contribution in [-0.4, -0.2) is 48.2 Å². The molecule has 1 fully saturated rings. The van der Waals surface area contributed by atoms with Gasteiger partial charge in [0.05, 0.1) is 6.42 Å². The van der Waals surface area contributed by atoms with Crippen molar-refractivity contribution in [3.63, 3.8) is 0 Å². The molecule has 1 unspecified atom stereocenters. The molecule has 0 aromatic heterocycles. The highest BCUT2D eigenvalue weighted by molar-refractivity contribution is 5.67. The SMILES string of the molecule is CCNCC1CCN(C(C)CC(=O)O)CC1. The fourth-order valence-corrected chi connectivity index (χ4v) is 2.33. The van der Waals surface area contributed by atoms with Crippen LogP contribution in [0.4, 0.5) is 0 Å². The predicted octanol–water partition coefficient (Wildman–Crippen LogP) is 1.17. The number of carboxylic acid groups (broad SMARTS) is 1. The molecule has 0 bridgehead atoms. The Bertz CT molecular complexity index is 213. The van der Waals surface area contributed by atoms with Gasteiger partial charge in [-0.3, -0.25) is 4.79 Å². The summed E-state index contributed by atoms with van der Waals surface area (Å²) in [5, 5.41) is 12.1. The Morgan fingerprint density at radius 3 is 2.62 bits per heavy atom. The number of carboxylic acids is 1. The molecule has 4 heteroatoms. The minimum atomic E-state index is -0.692. The van der Waals surface area contributed by atoms with E-state index >= 15 is 0 Å². The molecule has 0 radical (unpaired) electrons. The van der Waals surface area contributed by atoms with Crippen molar-refractivity contribution >= 4 is 5.97 Å². The number of nitrogens with zero attached hydrogens (tertiary/aromatic N) is 1. The van der Waals surface area contributed by atoms with Gasteiger partial charge in [0, 0.05) is 6.04 Å². The van der Waals surface area contributed by atoms with Crippen molar-refractivity contribution in [3.05, 3.63) is 0 Å². The molecule has 0 aromatic carbocycles. The summed E-state index contributed by atoms with van der Waals surface area (Å²) in [7, 11) is 0. The molecule has 0 amide bonds. The Hall–Kier alpha value is -0.610. The van der Waals surface area contributed by atoms with Gasteiger partial charge in [-0.1, -0.05) is 6.92 Å². The van der Waals surface area contributed by atoms with E-state index in [0.717, 1.165) is 32.1 Å². The van der Waals surface area contributed by atoms with Gasteiger partial charge in [0.2, 0.25) is 0 Å². The summed E-state index contributed by atoms with van der Waals surface area (Å²) in [5.74, 6) is 0.0792. The number of carbonyl (C=O) groups is 1. The summed E-state index contributed by atoms with van der Waals surface area (Å²) >= 11 is 0. The molecule has 0 saturated carbocycles. The number of likely N-dealkylation sites (tertiary alicyclic amines) is 1. The van der Waals surface area contributed by atoms with Crippen LogP contribution in [0.3, 0.4) is 0 Å². The van der Waals surface area contributed by atoms with E-state index in [-0.39, 0.29) is 12.5 Å². The van der Waals surface area contributed by atoms with Gasteiger partial charge in [0.1, 0.15) is 0 Å². The van der Waals surface area contributed by atoms with Crippen molar-refractivity contribution in [2.75, 3.05) is 26.2 Å². The number of rotatable bonds is 6. The van der Waals surface area contributed by atoms with Gasteiger partial charge in [-0.15, -0.1) is 0 Å². The van der Waals surface area contributed by atoms with E-state index in [4.69, 9.17) is 5.11 Å². The van der Waals surface area contributed by atoms with Crippen molar-refractivity contribution in [1.29, 1.82) is 0 Å². The standard InChI is InChI=1S/C12H24N2O2/c1-3-13-9-11-4-6-14(7-5-11)10(2)8-12(15)16/h10-11,13H,3-9H2,1-2H3,(H,15,16). The van der Waals surface area contributed by atoms with Crippen molar-refractivity contribution in [3.8, 4) is 0 Å². The lowest BCUT2D eigenvalue weighted by molar-refractivity contribution is -0.138. The van der Waals surface area contributed by atoms with Crippen molar-refractivity contribution in [1.82, 2.24) is 10.2 Å². The van der Waals surface area contributed by atoms with Crippen LogP contribution in [0, 0.1) is 5.92 Å². The highest BCUT2D eigenvalue weighted by atomic mass is 16.4. The van der Waals surface area contributed by atoms with Gasteiger partial charge in [0.25, 0.3) is 0 Å². The van der Waals surface area contributed by atoms with E-state index in [1.54, 1.807) is 0 Å².